The minimum atomic E-state index is 0.0767. The van der Waals surface area contributed by atoms with Gasteiger partial charge in [-0.2, -0.15) is 25.5 Å². The lowest BCUT2D eigenvalue weighted by Gasteiger charge is -2.34. The van der Waals surface area contributed by atoms with E-state index in [0.717, 1.165) is 108 Å². The van der Waals surface area contributed by atoms with Gasteiger partial charge in [-0.15, -0.1) is 0 Å². The van der Waals surface area contributed by atoms with E-state index in [2.05, 4.69) is 163 Å². The second-order valence-electron chi connectivity index (χ2n) is 22.8. The van der Waals surface area contributed by atoms with Gasteiger partial charge < -0.3 is 0 Å². The molecule has 0 aromatic carbocycles. The maximum atomic E-state index is 4.59. The molecule has 20 heteroatoms. The molecule has 2 bridgehead atoms. The maximum Gasteiger partial charge on any atom is 0.125 e. The minimum Gasteiger partial charge on any atom is -0.282 e. The number of nitrogens with zero attached hydrogens (tertiary/aromatic N) is 15. The molecule has 2 unspecified atom stereocenters. The van der Waals surface area contributed by atoms with Crippen LogP contribution in [0.2, 0.25) is 0 Å². The summed E-state index contributed by atoms with van der Waals surface area (Å²) in [5.74, 6) is 2.11. The number of fused-ring (bicyclic) bond motifs is 5. The summed E-state index contributed by atoms with van der Waals surface area (Å²) in [7, 11) is 0. The summed E-state index contributed by atoms with van der Waals surface area (Å²) in [5.41, 5.74) is 19.5. The lowest BCUT2D eigenvalue weighted by atomic mass is 9.70. The molecule has 404 valence electrons. The number of H-pyrrole nitrogens is 5. The van der Waals surface area contributed by atoms with E-state index in [-0.39, 0.29) is 16.2 Å². The van der Waals surface area contributed by atoms with E-state index in [1.54, 1.807) is 31.4 Å². The molecular weight excluding hydrogens is 977 g/mol. The molecular formula is C58H72N20. The zero-order valence-electron chi connectivity index (χ0n) is 47.8. The molecule has 0 amide bonds. The first kappa shape index (κ1) is 55.7. The topological polar surface area (TPSA) is 272 Å². The molecule has 20 nitrogen and oxygen atoms in total. The van der Waals surface area contributed by atoms with Crippen LogP contribution in [0.25, 0.3) is 56.9 Å². The van der Waals surface area contributed by atoms with Crippen molar-refractivity contribution in [2.75, 3.05) is 0 Å². The predicted molar refractivity (Wildman–Crippen MR) is 302 cm³/mol. The van der Waals surface area contributed by atoms with Gasteiger partial charge in [0.15, 0.2) is 0 Å². The van der Waals surface area contributed by atoms with Gasteiger partial charge in [-0.25, -0.2) is 49.8 Å². The van der Waals surface area contributed by atoms with Crippen LogP contribution in [0.15, 0.2) is 86.0 Å². The van der Waals surface area contributed by atoms with E-state index in [1.807, 2.05) is 103 Å². The average Bonchev–Trinajstić information content (AvgIpc) is 4.44. The van der Waals surface area contributed by atoms with Crippen LogP contribution in [-0.2, 0) is 16.2 Å². The predicted octanol–water partition coefficient (Wildman–Crippen LogP) is 11.3. The van der Waals surface area contributed by atoms with Crippen LogP contribution in [0.1, 0.15) is 144 Å². The lowest BCUT2D eigenvalue weighted by molar-refractivity contribution is 0.225. The van der Waals surface area contributed by atoms with Crippen molar-refractivity contribution >= 4 is 0 Å². The average molecular weight is 1050 g/mol. The van der Waals surface area contributed by atoms with Gasteiger partial charge in [-0.1, -0.05) is 62.3 Å². The van der Waals surface area contributed by atoms with Crippen molar-refractivity contribution < 1.29 is 0 Å². The van der Waals surface area contributed by atoms with Crippen molar-refractivity contribution in [1.29, 1.82) is 0 Å². The van der Waals surface area contributed by atoms with E-state index in [9.17, 15) is 0 Å². The van der Waals surface area contributed by atoms with Gasteiger partial charge in [-0.3, -0.25) is 25.5 Å². The van der Waals surface area contributed by atoms with Gasteiger partial charge in [0.25, 0.3) is 0 Å². The van der Waals surface area contributed by atoms with Crippen molar-refractivity contribution in [1.82, 2.24) is 101 Å². The number of nitrogens with one attached hydrogen (secondary N) is 5. The van der Waals surface area contributed by atoms with Crippen molar-refractivity contribution in [3.63, 3.8) is 0 Å². The maximum absolute atomic E-state index is 4.59. The normalized spacial score (nSPS) is 15.9. The Morgan fingerprint density at radius 2 is 0.846 bits per heavy atom. The fraction of sp³-hybridized carbons (Fsp3) is 0.397. The zero-order chi connectivity index (χ0) is 56.2. The molecule has 0 saturated heterocycles. The first-order valence-electron chi connectivity index (χ1n) is 26.1. The molecule has 78 heavy (non-hydrogen) atoms. The molecule has 2 atom stereocenters. The van der Waals surface area contributed by atoms with Crippen molar-refractivity contribution in [3.8, 4) is 56.9 Å². The number of aryl methyl sites for hydroxylation is 7. The molecule has 10 aromatic rings. The highest BCUT2D eigenvalue weighted by atomic mass is 15.2. The monoisotopic (exact) mass is 1050 g/mol. The largest absolute Gasteiger partial charge is 0.282 e. The summed E-state index contributed by atoms with van der Waals surface area (Å²) in [6, 6.07) is 17.6. The quantitative estimate of drug-likeness (QED) is 0.107. The summed E-state index contributed by atoms with van der Waals surface area (Å²) in [4.78, 5) is 41.7. The third-order valence-corrected chi connectivity index (χ3v) is 14.4. The van der Waals surface area contributed by atoms with Crippen LogP contribution >= 0.6 is 0 Å². The first-order chi connectivity index (χ1) is 36.9. The van der Waals surface area contributed by atoms with Crippen molar-refractivity contribution in [3.05, 3.63) is 149 Å². The lowest BCUT2D eigenvalue weighted by Crippen LogP contribution is -2.32. The number of aromatic nitrogens is 20. The Morgan fingerprint density at radius 3 is 1.26 bits per heavy atom. The van der Waals surface area contributed by atoms with Crippen LogP contribution in [0.5, 0.6) is 0 Å². The Labute approximate surface area is 456 Å². The highest BCUT2D eigenvalue weighted by Crippen LogP contribution is 2.68. The first-order valence-corrected chi connectivity index (χ1v) is 26.1. The minimum absolute atomic E-state index is 0.0767. The van der Waals surface area contributed by atoms with Gasteiger partial charge in [0.1, 0.15) is 59.1 Å². The molecule has 5 N–H and O–H groups in total. The van der Waals surface area contributed by atoms with Crippen LogP contribution in [0, 0.1) is 53.9 Å². The van der Waals surface area contributed by atoms with E-state index >= 15 is 0 Å². The summed E-state index contributed by atoms with van der Waals surface area (Å²) in [6.07, 6.45) is 10.7. The number of hydrogen-bond acceptors (Lipinski definition) is 15. The Bertz CT molecular complexity index is 3440. The SMILES string of the molecule is Cc1cc(-c2cc(C(C)(C)C)[nH]n2)ncn1.Cc1cc(-c2cc(C)[nH]n2)ncn1.Cc1cc(-c2n[nH]c3c2C2CCC3(C)C2(C)C)ncn1.Cc1nccc(-c2cc(C(C)(C)C)[nH]n2)n1.Cc1nccc(-c2cc(C)[nH]n2)n1. The summed E-state index contributed by atoms with van der Waals surface area (Å²) in [5, 5.41) is 36.5. The zero-order valence-corrected chi connectivity index (χ0v) is 47.8. The summed E-state index contributed by atoms with van der Waals surface area (Å²) in [6.45, 7) is 33.6. The van der Waals surface area contributed by atoms with Crippen LogP contribution in [0.4, 0.5) is 0 Å². The second-order valence-corrected chi connectivity index (χ2v) is 22.8. The third kappa shape index (κ3) is 12.6. The van der Waals surface area contributed by atoms with Crippen LogP contribution in [-0.4, -0.2) is 101 Å². The fourth-order valence-corrected chi connectivity index (χ4v) is 9.50. The molecule has 0 radical (unpaired) electrons. The van der Waals surface area contributed by atoms with Crippen molar-refractivity contribution in [2.24, 2.45) is 5.41 Å². The van der Waals surface area contributed by atoms with Gasteiger partial charge in [0.2, 0.25) is 0 Å². The highest BCUT2D eigenvalue weighted by molar-refractivity contribution is 5.66. The molecule has 10 aromatic heterocycles. The number of hydrogen-bond donors (Lipinski definition) is 5. The van der Waals surface area contributed by atoms with Crippen LogP contribution < -0.4 is 0 Å². The van der Waals surface area contributed by atoms with Gasteiger partial charge in [-0.05, 0) is 127 Å². The fourth-order valence-electron chi connectivity index (χ4n) is 9.50. The van der Waals surface area contributed by atoms with Gasteiger partial charge in [0.05, 0.1) is 28.5 Å². The molecule has 2 aliphatic rings. The Kier molecular flexibility index (Phi) is 16.1. The molecule has 1 fully saturated rings. The molecule has 10 heterocycles. The Morgan fingerprint density at radius 1 is 0.436 bits per heavy atom. The van der Waals surface area contributed by atoms with E-state index in [0.29, 0.717) is 11.3 Å². The van der Waals surface area contributed by atoms with E-state index in [4.69, 9.17) is 0 Å². The smallest absolute Gasteiger partial charge is 0.125 e. The number of aromatic amines is 5. The third-order valence-electron chi connectivity index (χ3n) is 14.4. The highest BCUT2D eigenvalue weighted by Gasteiger charge is 2.61. The molecule has 12 rings (SSSR count). The molecule has 0 aliphatic heterocycles. The summed E-state index contributed by atoms with van der Waals surface area (Å²) >= 11 is 0. The Balaban J connectivity index is 0.000000130. The van der Waals surface area contributed by atoms with Crippen molar-refractivity contribution in [2.45, 2.75) is 146 Å². The standard InChI is InChI=1S/C16H20N4.2C12H16N4.2C9H10N4/c1-9-7-11(18-8-17-9)13-12-10-5-6-16(4,15(10,2)3)14(12)20-19-13;1-8-5-9(14-7-13-8)10-6-11(16-15-10)12(2,3)4;1-8-13-6-5-9(14-8)10-7-11(16-15-10)12(2,3)4;1-6-3-8(11-5-10-6)9-4-7(2)12-13-9;1-6-5-9(13-12-6)8-3-4-10-7(2)11-8/h7-8,10H,5-6H2,1-4H3,(H,19,20);2*5-7H,1-4H3,(H,15,16);2*3-5H,1-2H3,(H,12,13). The molecule has 0 spiro atoms. The molecule has 2 aliphatic carbocycles. The Hall–Kier alpha value is -8.55. The van der Waals surface area contributed by atoms with Gasteiger partial charge >= 0.3 is 0 Å². The molecule has 1 saturated carbocycles. The van der Waals surface area contributed by atoms with Crippen LogP contribution in [0.3, 0.4) is 0 Å². The number of rotatable bonds is 5. The van der Waals surface area contributed by atoms with Gasteiger partial charge in [0, 0.05) is 79.8 Å². The second kappa shape index (κ2) is 22.6. The summed E-state index contributed by atoms with van der Waals surface area (Å²) < 4.78 is 0. The van der Waals surface area contributed by atoms with E-state index < -0.39 is 0 Å². The van der Waals surface area contributed by atoms with E-state index in [1.165, 1.54) is 24.1 Å².